The fourth-order valence-electron chi connectivity index (χ4n) is 2.68. The second-order valence-electron chi connectivity index (χ2n) is 6.06. The minimum absolute atomic E-state index is 0.0550. The van der Waals surface area contributed by atoms with Crippen LogP contribution in [-0.2, 0) is 26.0 Å². The van der Waals surface area contributed by atoms with E-state index in [4.69, 9.17) is 0 Å². The highest BCUT2D eigenvalue weighted by atomic mass is 32.2. The van der Waals surface area contributed by atoms with E-state index in [1.165, 1.54) is 49.4 Å². The molecular formula is C18H17N3O5S. The molecule has 2 aromatic carbocycles. The molecule has 0 aromatic heterocycles. The smallest absolute Gasteiger partial charge is 0.264 e. The minimum Gasteiger partial charge on any atom is -0.326 e. The van der Waals surface area contributed by atoms with Gasteiger partial charge in [-0.1, -0.05) is 0 Å². The van der Waals surface area contributed by atoms with Gasteiger partial charge >= 0.3 is 0 Å². The Labute approximate surface area is 156 Å². The van der Waals surface area contributed by atoms with E-state index in [-0.39, 0.29) is 28.7 Å². The lowest BCUT2D eigenvalue weighted by molar-refractivity contribution is -0.116. The molecule has 0 radical (unpaired) electrons. The van der Waals surface area contributed by atoms with Crippen LogP contribution in [0.2, 0.25) is 0 Å². The van der Waals surface area contributed by atoms with Gasteiger partial charge < -0.3 is 10.6 Å². The Morgan fingerprint density at radius 1 is 1.04 bits per heavy atom. The van der Waals surface area contributed by atoms with E-state index in [0.29, 0.717) is 23.4 Å². The number of amides is 3. The lowest BCUT2D eigenvalue weighted by Crippen LogP contribution is -2.31. The summed E-state index contributed by atoms with van der Waals surface area (Å²) in [5.41, 5.74) is 1.91. The van der Waals surface area contributed by atoms with Gasteiger partial charge in [0.15, 0.2) is 0 Å². The maximum absolute atomic E-state index is 12.5. The van der Waals surface area contributed by atoms with E-state index in [9.17, 15) is 22.8 Å². The van der Waals surface area contributed by atoms with E-state index < -0.39 is 15.9 Å². The number of carbonyl (C=O) groups excluding carboxylic acids is 3. The molecule has 9 heteroatoms. The number of aryl methyl sites for hydroxylation is 1. The normalized spacial score (nSPS) is 13.3. The van der Waals surface area contributed by atoms with Crippen molar-refractivity contribution >= 4 is 39.1 Å². The molecule has 1 aliphatic heterocycles. The number of sulfonamides is 1. The van der Waals surface area contributed by atoms with Crippen molar-refractivity contribution < 1.29 is 22.8 Å². The van der Waals surface area contributed by atoms with Crippen LogP contribution < -0.4 is 15.4 Å². The van der Waals surface area contributed by atoms with Crippen LogP contribution in [0.5, 0.6) is 0 Å². The zero-order chi connectivity index (χ0) is 19.6. The monoisotopic (exact) mass is 387 g/mol. The minimum atomic E-state index is -4.07. The van der Waals surface area contributed by atoms with Crippen molar-refractivity contribution in [1.29, 1.82) is 0 Å². The third-order valence-electron chi connectivity index (χ3n) is 3.98. The van der Waals surface area contributed by atoms with Crippen LogP contribution in [0.3, 0.4) is 0 Å². The van der Waals surface area contributed by atoms with Crippen LogP contribution in [0.4, 0.5) is 11.4 Å². The summed E-state index contributed by atoms with van der Waals surface area (Å²) in [7, 11) is -4.07. The number of rotatable bonds is 4. The van der Waals surface area contributed by atoms with Crippen molar-refractivity contribution in [3.8, 4) is 0 Å². The Hall–Kier alpha value is -3.20. The number of carbonyl (C=O) groups is 3. The molecule has 3 N–H and O–H groups in total. The van der Waals surface area contributed by atoms with E-state index in [1.54, 1.807) is 0 Å². The highest BCUT2D eigenvalue weighted by Crippen LogP contribution is 2.25. The topological polar surface area (TPSA) is 121 Å². The third kappa shape index (κ3) is 4.32. The van der Waals surface area contributed by atoms with Gasteiger partial charge in [0.2, 0.25) is 11.8 Å². The van der Waals surface area contributed by atoms with Gasteiger partial charge in [-0.3, -0.25) is 14.4 Å². The molecule has 140 valence electrons. The summed E-state index contributed by atoms with van der Waals surface area (Å²) >= 11 is 0. The van der Waals surface area contributed by atoms with Gasteiger partial charge in [-0.15, -0.1) is 0 Å². The zero-order valence-corrected chi connectivity index (χ0v) is 15.2. The number of benzene rings is 2. The second kappa shape index (κ2) is 7.20. The molecule has 0 saturated carbocycles. The summed E-state index contributed by atoms with van der Waals surface area (Å²) in [5, 5.41) is 5.23. The fraction of sp³-hybridized carbons (Fsp3) is 0.167. The molecule has 0 aliphatic carbocycles. The predicted octanol–water partition coefficient (Wildman–Crippen LogP) is 1.65. The number of fused-ring (bicyclic) bond motifs is 1. The second-order valence-corrected chi connectivity index (χ2v) is 7.74. The third-order valence-corrected chi connectivity index (χ3v) is 5.31. The van der Waals surface area contributed by atoms with Crippen LogP contribution in [-0.4, -0.2) is 26.1 Å². The first kappa shape index (κ1) is 18.6. The molecular weight excluding hydrogens is 370 g/mol. The van der Waals surface area contributed by atoms with Crippen LogP contribution in [0.15, 0.2) is 47.4 Å². The fourth-order valence-corrected chi connectivity index (χ4v) is 3.70. The Kier molecular flexibility index (Phi) is 4.95. The first-order valence-electron chi connectivity index (χ1n) is 8.12. The van der Waals surface area contributed by atoms with Crippen molar-refractivity contribution in [3.05, 3.63) is 53.6 Å². The van der Waals surface area contributed by atoms with Crippen LogP contribution in [0, 0.1) is 0 Å². The lowest BCUT2D eigenvalue weighted by atomic mass is 10.0. The quantitative estimate of drug-likeness (QED) is 0.736. The Bertz CT molecular complexity index is 1030. The molecule has 27 heavy (non-hydrogen) atoms. The summed E-state index contributed by atoms with van der Waals surface area (Å²) in [5.74, 6) is -1.15. The molecule has 1 aliphatic rings. The maximum atomic E-state index is 12.5. The molecule has 3 rings (SSSR count). The Balaban J connectivity index is 1.77. The number of anilines is 2. The van der Waals surface area contributed by atoms with Crippen LogP contribution in [0.25, 0.3) is 0 Å². The largest absolute Gasteiger partial charge is 0.326 e. The van der Waals surface area contributed by atoms with Crippen molar-refractivity contribution in [1.82, 2.24) is 4.72 Å². The van der Waals surface area contributed by atoms with Gasteiger partial charge in [0, 0.05) is 30.3 Å². The molecule has 0 spiro atoms. The van der Waals surface area contributed by atoms with Crippen LogP contribution in [0.1, 0.15) is 29.3 Å². The highest BCUT2D eigenvalue weighted by Gasteiger charge is 2.22. The van der Waals surface area contributed by atoms with E-state index in [0.717, 1.165) is 0 Å². The molecule has 0 atom stereocenters. The molecule has 0 unspecified atom stereocenters. The van der Waals surface area contributed by atoms with Gasteiger partial charge in [-0.05, 0) is 54.4 Å². The van der Waals surface area contributed by atoms with Gasteiger partial charge in [0.25, 0.3) is 15.9 Å². The maximum Gasteiger partial charge on any atom is 0.264 e. The predicted molar refractivity (Wildman–Crippen MR) is 98.8 cm³/mol. The summed E-state index contributed by atoms with van der Waals surface area (Å²) in [4.78, 5) is 34.6. The van der Waals surface area contributed by atoms with E-state index in [1.807, 2.05) is 4.72 Å². The van der Waals surface area contributed by atoms with Crippen molar-refractivity contribution in [2.75, 3.05) is 10.6 Å². The standard InChI is InChI=1S/C18H17N3O5S/c1-11(22)19-14-5-2-12(3-6-14)18(24)21-27(25,26)15-7-8-16-13(10-15)4-9-17(23)20-16/h2-3,5-8,10H,4,9H2,1H3,(H,19,22)(H,20,23)(H,21,24). The first-order valence-corrected chi connectivity index (χ1v) is 9.60. The summed E-state index contributed by atoms with van der Waals surface area (Å²) in [6.45, 7) is 1.36. The summed E-state index contributed by atoms with van der Waals surface area (Å²) in [6, 6.07) is 10.1. The molecule has 0 saturated heterocycles. The van der Waals surface area contributed by atoms with Crippen molar-refractivity contribution in [2.45, 2.75) is 24.7 Å². The van der Waals surface area contributed by atoms with Gasteiger partial charge in [0.1, 0.15) is 0 Å². The molecule has 0 fully saturated rings. The lowest BCUT2D eigenvalue weighted by Gasteiger charge is -2.17. The average molecular weight is 387 g/mol. The van der Waals surface area contributed by atoms with Gasteiger partial charge in [-0.2, -0.15) is 0 Å². The summed E-state index contributed by atoms with van der Waals surface area (Å²) < 4.78 is 27.0. The zero-order valence-electron chi connectivity index (χ0n) is 14.4. The van der Waals surface area contributed by atoms with Gasteiger partial charge in [0.05, 0.1) is 4.90 Å². The molecule has 0 bridgehead atoms. The number of nitrogens with one attached hydrogen (secondary N) is 3. The van der Waals surface area contributed by atoms with Gasteiger partial charge in [-0.25, -0.2) is 13.1 Å². The highest BCUT2D eigenvalue weighted by molar-refractivity contribution is 7.90. The Morgan fingerprint density at radius 3 is 2.41 bits per heavy atom. The first-order chi connectivity index (χ1) is 12.7. The van der Waals surface area contributed by atoms with Crippen LogP contribution >= 0.6 is 0 Å². The molecule has 8 nitrogen and oxygen atoms in total. The van der Waals surface area contributed by atoms with E-state index >= 15 is 0 Å². The number of hydrogen-bond donors (Lipinski definition) is 3. The Morgan fingerprint density at radius 2 is 1.74 bits per heavy atom. The molecule has 2 aromatic rings. The molecule has 1 heterocycles. The number of hydrogen-bond acceptors (Lipinski definition) is 5. The summed E-state index contributed by atoms with van der Waals surface area (Å²) in [6.07, 6.45) is 0.715. The average Bonchev–Trinajstić information content (AvgIpc) is 2.61. The van der Waals surface area contributed by atoms with Crippen molar-refractivity contribution in [2.24, 2.45) is 0 Å². The SMILES string of the molecule is CC(=O)Nc1ccc(C(=O)NS(=O)(=O)c2ccc3c(c2)CCC(=O)N3)cc1. The van der Waals surface area contributed by atoms with E-state index in [2.05, 4.69) is 10.6 Å². The molecule has 3 amide bonds. The van der Waals surface area contributed by atoms with Crippen molar-refractivity contribution in [3.63, 3.8) is 0 Å².